The number of ether oxygens (including phenoxy) is 2. The first kappa shape index (κ1) is 107. The summed E-state index contributed by atoms with van der Waals surface area (Å²) in [6.45, 7) is 30.6. The van der Waals surface area contributed by atoms with E-state index in [4.69, 9.17) is 29.4 Å². The van der Waals surface area contributed by atoms with Crippen LogP contribution in [-0.4, -0.2) is 164 Å². The Morgan fingerprint density at radius 1 is 0.448 bits per heavy atom. The van der Waals surface area contributed by atoms with Gasteiger partial charge in [0.25, 0.3) is 0 Å². The van der Waals surface area contributed by atoms with Gasteiger partial charge in [-0.25, -0.2) is 13.9 Å². The summed E-state index contributed by atoms with van der Waals surface area (Å²) in [6, 6.07) is -8.76. The Kier molecular flexibility index (Phi) is 54.2. The largest absolute Gasteiger partial charge is 0.483 e. The lowest BCUT2D eigenvalue weighted by Gasteiger charge is -2.44. The monoisotopic (exact) mass is 1670 g/mol. The third-order valence-electron chi connectivity index (χ3n) is 19.6. The van der Waals surface area contributed by atoms with E-state index < -0.39 is 156 Å². The van der Waals surface area contributed by atoms with Crippen LogP contribution in [0, 0.1) is 0 Å². The van der Waals surface area contributed by atoms with Crippen molar-refractivity contribution in [3.05, 3.63) is 128 Å². The van der Waals surface area contributed by atoms with E-state index in [-0.39, 0.29) is 13.0 Å². The Morgan fingerprint density at radius 3 is 1.23 bits per heavy atom. The summed E-state index contributed by atoms with van der Waals surface area (Å²) >= 11 is 0. The van der Waals surface area contributed by atoms with Crippen LogP contribution >= 0.6 is 15.6 Å². The molecule has 0 spiro atoms. The molecule has 30 heteroatoms. The van der Waals surface area contributed by atoms with Crippen LogP contribution in [0.3, 0.4) is 0 Å². The lowest BCUT2D eigenvalue weighted by molar-refractivity contribution is -0.261. The summed E-state index contributed by atoms with van der Waals surface area (Å²) in [7, 11) is -11.1. The third-order valence-corrected chi connectivity index (χ3v) is 22.2. The van der Waals surface area contributed by atoms with Crippen LogP contribution in [0.25, 0.3) is 0 Å². The van der Waals surface area contributed by atoms with Gasteiger partial charge in [0.2, 0.25) is 35.4 Å². The number of carbonyl (C=O) groups excluding carboxylic acids is 6. The van der Waals surface area contributed by atoms with E-state index in [0.29, 0.717) is 25.7 Å². The van der Waals surface area contributed by atoms with E-state index >= 15 is 0 Å². The zero-order chi connectivity index (χ0) is 87.7. The van der Waals surface area contributed by atoms with Gasteiger partial charge in [-0.05, 0) is 271 Å². The maximum absolute atomic E-state index is 13.5. The number of carboxylic acid groups (broad SMARTS) is 2. The van der Waals surface area contributed by atoms with Crippen LogP contribution in [0.5, 0.6) is 0 Å². The molecular formula is C86H143N7O21P2. The molecule has 658 valence electrons. The van der Waals surface area contributed by atoms with Crippen LogP contribution in [0.15, 0.2) is 128 Å². The molecule has 0 radical (unpaired) electrons. The van der Waals surface area contributed by atoms with Crippen LogP contribution in [0.4, 0.5) is 0 Å². The number of carbonyl (C=O) groups is 8. The van der Waals surface area contributed by atoms with Crippen molar-refractivity contribution >= 4 is 63.0 Å². The number of aliphatic carboxylic acids is 2. The Hall–Kier alpha value is -7.04. The van der Waals surface area contributed by atoms with Crippen molar-refractivity contribution < 1.29 is 101 Å². The summed E-state index contributed by atoms with van der Waals surface area (Å²) < 4.78 is 52.4. The normalized spacial score (nSPS) is 19.8. The second kappa shape index (κ2) is 58.8. The Labute approximate surface area is 691 Å². The smallest absolute Gasteiger partial charge is 0.480 e. The van der Waals surface area contributed by atoms with E-state index in [1.54, 1.807) is 6.92 Å². The van der Waals surface area contributed by atoms with Gasteiger partial charge in [0.1, 0.15) is 60.7 Å². The van der Waals surface area contributed by atoms with Gasteiger partial charge in [-0.2, -0.15) is 4.31 Å². The number of phosphoric acid groups is 2. The molecule has 13 atom stereocenters. The van der Waals surface area contributed by atoms with Gasteiger partial charge in [0.05, 0.1) is 13.2 Å². The highest BCUT2D eigenvalue weighted by Crippen LogP contribution is 2.61. The number of nitrogens with one attached hydrogen (secondary N) is 6. The first-order chi connectivity index (χ1) is 54.5. The zero-order valence-corrected chi connectivity index (χ0v) is 74.1. The zero-order valence-electron chi connectivity index (χ0n) is 72.3. The number of hydrogen-bond donors (Lipinski definition) is 13. The van der Waals surface area contributed by atoms with Gasteiger partial charge in [-0.1, -0.05) is 128 Å². The van der Waals surface area contributed by atoms with E-state index in [1.165, 1.54) is 70.1 Å². The molecule has 2 unspecified atom stereocenters. The maximum atomic E-state index is 13.5. The van der Waals surface area contributed by atoms with Gasteiger partial charge in [-0.15, -0.1) is 0 Å². The van der Waals surface area contributed by atoms with Gasteiger partial charge in [-0.3, -0.25) is 42.6 Å². The quantitative estimate of drug-likeness (QED) is 0.0153. The number of nitrogens with two attached hydrogens (primary N) is 1. The summed E-state index contributed by atoms with van der Waals surface area (Å²) in [4.78, 5) is 123. The predicted molar refractivity (Wildman–Crippen MR) is 455 cm³/mol. The van der Waals surface area contributed by atoms with Crippen LogP contribution < -0.4 is 37.6 Å². The van der Waals surface area contributed by atoms with Crippen molar-refractivity contribution in [3.8, 4) is 0 Å². The van der Waals surface area contributed by atoms with Crippen LogP contribution in [0.2, 0.25) is 0 Å². The minimum atomic E-state index is -5.74. The molecule has 0 saturated carbocycles. The second-order valence-corrected chi connectivity index (χ2v) is 34.1. The number of unbranched alkanes of at least 4 members (excludes halogenated alkanes) is 2. The van der Waals surface area contributed by atoms with Crippen molar-refractivity contribution in [2.45, 2.75) is 345 Å². The molecule has 0 aliphatic carbocycles. The third kappa shape index (κ3) is 50.0. The molecule has 1 aliphatic rings. The van der Waals surface area contributed by atoms with Crippen molar-refractivity contribution in [2.24, 2.45) is 5.73 Å². The molecule has 0 aromatic rings. The predicted octanol–water partition coefficient (Wildman–Crippen LogP) is 14.4. The molecule has 6 amide bonds. The summed E-state index contributed by atoms with van der Waals surface area (Å²) in [5.41, 5.74) is 20.5. The molecule has 28 nitrogen and oxygen atoms in total. The van der Waals surface area contributed by atoms with Gasteiger partial charge in [0.15, 0.2) is 6.29 Å². The number of hydrogen-bond acceptors (Lipinski definition) is 18. The first-order valence-corrected chi connectivity index (χ1v) is 43.9. The number of rotatable bonds is 59. The molecule has 0 aromatic carbocycles. The fraction of sp³-hybridized carbons (Fsp3) is 0.651. The Morgan fingerprint density at radius 2 is 0.836 bits per heavy atom. The highest BCUT2D eigenvalue weighted by molar-refractivity contribution is 7.61. The molecule has 0 aromatic heterocycles. The van der Waals surface area contributed by atoms with E-state index in [9.17, 15) is 72.6 Å². The van der Waals surface area contributed by atoms with E-state index in [2.05, 4.69) is 166 Å². The van der Waals surface area contributed by atoms with Gasteiger partial charge < -0.3 is 77.3 Å². The van der Waals surface area contributed by atoms with Crippen LogP contribution in [0.1, 0.15) is 278 Å². The number of aliphatic hydroxyl groups is 2. The van der Waals surface area contributed by atoms with E-state index in [1.807, 2.05) is 6.92 Å². The standard InChI is InChI=1S/C86H143N7O21P2/c1-57(2)30-22-33-59(4)35-24-37-61(6)39-26-41-63(8)43-28-45-65(10)47-29-46-64(9)44-27-42-62(7)40-25-38-60(5)36-23-34-58(3)31-18-19-32-66(11)49-50-67(12)53-55-110-115(106,107)114-116(108,109)113-86-77(91-72(17)95)79(78(97)75(56-94)112-86)111-71(16)82(100)88-69(14)81(99)93-74(85(104)105)51-52-76(96)92-73(48-20-21-54-87)83(101)89-68(13)80(98)90-70(15)84(102)103/h30-32,35-36,39-40,43-44,47,53,68-71,73-75,77-79,86,94,97H,18-29,33-34,37-38,41-42,45-46,48-52,54-56,87H2,1-17H3,(H,88,100)(H,89,101)(H,90,98)(H,91,95)(H,92,96)(H,93,99)(H,102,103)(H,104,105)(H,106,107)(H,108,109)/b58-31-,59-35+,60-36-,61-39+,62-40-,63-43+,64-44-,65-47-,66-32-,67-53-/t68-,69+,70-,71-,73+,74+,75-,77-,78-,79-,86-/m1/s1. The van der Waals surface area contributed by atoms with Gasteiger partial charge in [0, 0.05) is 13.3 Å². The maximum Gasteiger partial charge on any atom is 0.483 e. The lowest BCUT2D eigenvalue weighted by atomic mass is 9.96. The summed E-state index contributed by atoms with van der Waals surface area (Å²) in [6.07, 6.45) is 35.9. The molecule has 14 N–H and O–H groups in total. The van der Waals surface area contributed by atoms with E-state index in [0.717, 1.165) is 147 Å². The molecule has 116 heavy (non-hydrogen) atoms. The summed E-state index contributed by atoms with van der Waals surface area (Å²) in [5.74, 6) is -8.33. The second-order valence-electron chi connectivity index (χ2n) is 31.1. The minimum Gasteiger partial charge on any atom is -0.480 e. The average molecular weight is 1670 g/mol. The fourth-order valence-electron chi connectivity index (χ4n) is 12.1. The van der Waals surface area contributed by atoms with Crippen LogP contribution in [-0.2, 0) is 70.3 Å². The summed E-state index contributed by atoms with van der Waals surface area (Å²) in [5, 5.41) is 54.4. The number of amides is 6. The topological polar surface area (TPSA) is 436 Å². The highest BCUT2D eigenvalue weighted by Gasteiger charge is 2.51. The van der Waals surface area contributed by atoms with Crippen molar-refractivity contribution in [1.29, 1.82) is 0 Å². The molecule has 1 heterocycles. The molecular weight excluding hydrogens is 1530 g/mol. The Balaban J connectivity index is 2.69. The SMILES string of the molecule is CC(=O)N[C@H]1[C@@H](OP(=O)(O)OP(=O)(O)OC/C=C(/C)CC/C(C)=C\CC/C=C(/C)CC/C=C(/C)CC/C=C(/C)CC/C=C(/C)CC/C=C(/C)CC/C=C(\C)CC/C=C(\C)CC/C=C(\C)CCC=C(C)C)O[C@H](CO)[C@@H](O)[C@@H]1O[C@H](C)C(=O)N[C@@H](C)C(=O)N[C@@H](CCC(=O)N[C@@H](CCCCN)C(=O)N[C@H](C)C(=O)N[C@H](C)C(=O)O)C(=O)O. The Bertz CT molecular complexity index is 3590. The minimum absolute atomic E-state index is 0.0562. The molecule has 0 bridgehead atoms. The highest BCUT2D eigenvalue weighted by atomic mass is 31.3. The average Bonchev–Trinajstić information content (AvgIpc) is 0.782. The fourth-order valence-corrected chi connectivity index (χ4v) is 14.2. The molecule has 1 saturated heterocycles. The number of phosphoric ester groups is 2. The van der Waals surface area contributed by atoms with Gasteiger partial charge >= 0.3 is 27.6 Å². The lowest BCUT2D eigenvalue weighted by Crippen LogP contribution is -2.66. The number of carboxylic acids is 2. The molecule has 1 rings (SSSR count). The molecule has 1 aliphatic heterocycles. The number of aliphatic hydroxyl groups excluding tert-OH is 2. The van der Waals surface area contributed by atoms with Crippen molar-refractivity contribution in [2.75, 3.05) is 19.8 Å². The first-order valence-electron chi connectivity index (χ1n) is 40.9. The molecule has 1 fully saturated rings. The van der Waals surface area contributed by atoms with Crippen molar-refractivity contribution in [1.82, 2.24) is 31.9 Å². The van der Waals surface area contributed by atoms with Crippen molar-refractivity contribution in [3.63, 3.8) is 0 Å². The number of allylic oxidation sites excluding steroid dienone is 21.